The van der Waals surface area contributed by atoms with Gasteiger partial charge in [0.05, 0.1) is 12.5 Å². The first-order chi connectivity index (χ1) is 7.88. The molecule has 0 aromatic rings. The van der Waals surface area contributed by atoms with E-state index in [1.807, 2.05) is 0 Å². The highest BCUT2D eigenvalue weighted by molar-refractivity contribution is 5.79. The van der Waals surface area contributed by atoms with Crippen LogP contribution in [0.25, 0.3) is 0 Å². The Morgan fingerprint density at radius 2 is 2.12 bits per heavy atom. The number of rotatable bonds is 6. The van der Waals surface area contributed by atoms with E-state index in [9.17, 15) is 18.0 Å². The maximum absolute atomic E-state index is 12.0. The molecule has 1 rings (SSSR count). The van der Waals surface area contributed by atoms with E-state index in [0.29, 0.717) is 32.6 Å². The summed E-state index contributed by atoms with van der Waals surface area (Å²) in [5, 5.41) is 5.70. The molecule has 0 atom stereocenters. The van der Waals surface area contributed by atoms with E-state index in [1.165, 1.54) is 11.9 Å². The lowest BCUT2D eigenvalue weighted by Crippen LogP contribution is -2.51. The van der Waals surface area contributed by atoms with Crippen molar-refractivity contribution in [3.05, 3.63) is 0 Å². The zero-order valence-corrected chi connectivity index (χ0v) is 9.81. The summed E-state index contributed by atoms with van der Waals surface area (Å²) in [5.74, 6) is 0.0186. The van der Waals surface area contributed by atoms with Crippen molar-refractivity contribution in [3.63, 3.8) is 0 Å². The molecular formula is C10H18F3N3O. The van der Waals surface area contributed by atoms with Gasteiger partial charge in [-0.05, 0) is 20.0 Å². The highest BCUT2D eigenvalue weighted by atomic mass is 19.4. The summed E-state index contributed by atoms with van der Waals surface area (Å²) in [4.78, 5) is 12.6. The van der Waals surface area contributed by atoms with Gasteiger partial charge in [0.2, 0.25) is 5.91 Å². The molecular weight excluding hydrogens is 235 g/mol. The van der Waals surface area contributed by atoms with Gasteiger partial charge in [-0.15, -0.1) is 0 Å². The maximum atomic E-state index is 12.0. The van der Waals surface area contributed by atoms with E-state index in [0.717, 1.165) is 0 Å². The Hall–Kier alpha value is -0.820. The second-order valence-corrected chi connectivity index (χ2v) is 4.35. The number of carbonyl (C=O) groups excluding carboxylic acids is 1. The van der Waals surface area contributed by atoms with Gasteiger partial charge in [0.25, 0.3) is 0 Å². The standard InChI is InChI=1S/C10H18F3N3O/c1-16(7-10(11,12)13)4-2-3-15-9(17)8-5-14-6-8/h8,14H,2-7H2,1H3,(H,15,17). The van der Waals surface area contributed by atoms with Crippen LogP contribution in [-0.4, -0.2) is 56.8 Å². The first kappa shape index (κ1) is 14.2. The number of hydrogen-bond acceptors (Lipinski definition) is 3. The monoisotopic (exact) mass is 253 g/mol. The smallest absolute Gasteiger partial charge is 0.356 e. The third kappa shape index (κ3) is 5.88. The highest BCUT2D eigenvalue weighted by Gasteiger charge is 2.29. The molecule has 0 spiro atoms. The van der Waals surface area contributed by atoms with Crippen molar-refractivity contribution in [2.75, 3.05) is 39.8 Å². The molecule has 0 aromatic heterocycles. The van der Waals surface area contributed by atoms with Gasteiger partial charge in [-0.3, -0.25) is 9.69 Å². The molecule has 1 saturated heterocycles. The SMILES string of the molecule is CN(CCCNC(=O)C1CNC1)CC(F)(F)F. The van der Waals surface area contributed by atoms with Gasteiger partial charge in [0, 0.05) is 19.6 Å². The van der Waals surface area contributed by atoms with Gasteiger partial charge in [-0.1, -0.05) is 0 Å². The molecule has 1 aliphatic rings. The van der Waals surface area contributed by atoms with E-state index in [4.69, 9.17) is 0 Å². The Morgan fingerprint density at radius 1 is 1.47 bits per heavy atom. The minimum atomic E-state index is -4.16. The van der Waals surface area contributed by atoms with Crippen molar-refractivity contribution >= 4 is 5.91 Å². The molecule has 1 fully saturated rings. The molecule has 0 aliphatic carbocycles. The van der Waals surface area contributed by atoms with Crippen molar-refractivity contribution in [1.29, 1.82) is 0 Å². The second kappa shape index (κ2) is 6.20. The Balaban J connectivity index is 2.01. The van der Waals surface area contributed by atoms with Crippen molar-refractivity contribution in [1.82, 2.24) is 15.5 Å². The summed E-state index contributed by atoms with van der Waals surface area (Å²) in [6.45, 7) is 1.23. The van der Waals surface area contributed by atoms with E-state index in [2.05, 4.69) is 10.6 Å². The van der Waals surface area contributed by atoms with Crippen LogP contribution in [0.15, 0.2) is 0 Å². The van der Waals surface area contributed by atoms with E-state index < -0.39 is 12.7 Å². The molecule has 1 aliphatic heterocycles. The molecule has 0 unspecified atom stereocenters. The Bertz CT molecular complexity index is 254. The number of nitrogens with zero attached hydrogens (tertiary/aromatic N) is 1. The highest BCUT2D eigenvalue weighted by Crippen LogP contribution is 2.15. The summed E-state index contributed by atoms with van der Waals surface area (Å²) in [6, 6.07) is 0. The first-order valence-corrected chi connectivity index (χ1v) is 5.62. The van der Waals surface area contributed by atoms with Crippen molar-refractivity contribution in [2.24, 2.45) is 5.92 Å². The molecule has 1 heterocycles. The molecule has 7 heteroatoms. The fourth-order valence-corrected chi connectivity index (χ4v) is 1.56. The van der Waals surface area contributed by atoms with Crippen molar-refractivity contribution in [2.45, 2.75) is 12.6 Å². The van der Waals surface area contributed by atoms with Crippen LogP contribution < -0.4 is 10.6 Å². The molecule has 1 amide bonds. The predicted molar refractivity (Wildman–Crippen MR) is 57.5 cm³/mol. The number of amides is 1. The van der Waals surface area contributed by atoms with Gasteiger partial charge < -0.3 is 10.6 Å². The van der Waals surface area contributed by atoms with Gasteiger partial charge >= 0.3 is 6.18 Å². The lowest BCUT2D eigenvalue weighted by Gasteiger charge is -2.26. The first-order valence-electron chi connectivity index (χ1n) is 5.62. The Morgan fingerprint density at radius 3 is 2.59 bits per heavy atom. The summed E-state index contributed by atoms with van der Waals surface area (Å²) < 4.78 is 36.0. The number of carbonyl (C=O) groups is 1. The molecule has 100 valence electrons. The number of nitrogens with one attached hydrogen (secondary N) is 2. The van der Waals surface area contributed by atoms with Crippen LogP contribution in [0.3, 0.4) is 0 Å². The topological polar surface area (TPSA) is 44.4 Å². The molecule has 4 nitrogen and oxygen atoms in total. The molecule has 2 N–H and O–H groups in total. The van der Waals surface area contributed by atoms with Crippen molar-refractivity contribution in [3.8, 4) is 0 Å². The average molecular weight is 253 g/mol. The van der Waals surface area contributed by atoms with Crippen LogP contribution in [0.5, 0.6) is 0 Å². The number of hydrogen-bond donors (Lipinski definition) is 2. The van der Waals surface area contributed by atoms with Gasteiger partial charge in [0.1, 0.15) is 0 Å². The summed E-state index contributed by atoms with van der Waals surface area (Å²) in [6.07, 6.45) is -3.63. The lowest BCUT2D eigenvalue weighted by atomic mass is 10.0. The minimum absolute atomic E-state index is 0.0118. The minimum Gasteiger partial charge on any atom is -0.356 e. The van der Waals surface area contributed by atoms with E-state index >= 15 is 0 Å². The Labute approximate surface area is 98.5 Å². The van der Waals surface area contributed by atoms with Gasteiger partial charge in [0.15, 0.2) is 0 Å². The molecule has 0 bridgehead atoms. The van der Waals surface area contributed by atoms with Crippen LogP contribution in [-0.2, 0) is 4.79 Å². The summed E-state index contributed by atoms with van der Waals surface area (Å²) >= 11 is 0. The van der Waals surface area contributed by atoms with Crippen LogP contribution in [0, 0.1) is 5.92 Å². The summed E-state index contributed by atoms with van der Waals surface area (Å²) in [5.41, 5.74) is 0. The Kier molecular flexibility index (Phi) is 5.20. The lowest BCUT2D eigenvalue weighted by molar-refractivity contribution is -0.143. The van der Waals surface area contributed by atoms with Crippen LogP contribution in [0.1, 0.15) is 6.42 Å². The van der Waals surface area contributed by atoms with Crippen LogP contribution >= 0.6 is 0 Å². The van der Waals surface area contributed by atoms with Gasteiger partial charge in [-0.2, -0.15) is 13.2 Å². The number of halogens is 3. The fourth-order valence-electron chi connectivity index (χ4n) is 1.56. The zero-order valence-electron chi connectivity index (χ0n) is 9.81. The molecule has 0 radical (unpaired) electrons. The second-order valence-electron chi connectivity index (χ2n) is 4.35. The average Bonchev–Trinajstić information content (AvgIpc) is 2.06. The molecule has 0 aromatic carbocycles. The van der Waals surface area contributed by atoms with E-state index in [-0.39, 0.29) is 11.8 Å². The fraction of sp³-hybridized carbons (Fsp3) is 0.900. The number of alkyl halides is 3. The third-order valence-corrected chi connectivity index (χ3v) is 2.62. The third-order valence-electron chi connectivity index (χ3n) is 2.62. The quantitative estimate of drug-likeness (QED) is 0.665. The molecule has 0 saturated carbocycles. The summed E-state index contributed by atoms with van der Waals surface area (Å²) in [7, 11) is 1.42. The molecule has 17 heavy (non-hydrogen) atoms. The van der Waals surface area contributed by atoms with E-state index in [1.54, 1.807) is 0 Å². The van der Waals surface area contributed by atoms with Crippen LogP contribution in [0.4, 0.5) is 13.2 Å². The maximum Gasteiger partial charge on any atom is 0.401 e. The van der Waals surface area contributed by atoms with Crippen molar-refractivity contribution < 1.29 is 18.0 Å². The van der Waals surface area contributed by atoms with Gasteiger partial charge in [-0.25, -0.2) is 0 Å². The normalized spacial score (nSPS) is 17.0. The largest absolute Gasteiger partial charge is 0.401 e. The van der Waals surface area contributed by atoms with Crippen LogP contribution in [0.2, 0.25) is 0 Å². The zero-order chi connectivity index (χ0) is 12.9. The predicted octanol–water partition coefficient (Wildman–Crippen LogP) is 0.206.